The first-order valence-electron chi connectivity index (χ1n) is 9.07. The average molecular weight is 404 g/mol. The number of allylic oxidation sites excluding steroid dienone is 8. The van der Waals surface area contributed by atoms with Crippen molar-refractivity contribution < 1.29 is 17.0 Å². The molecule has 0 saturated heterocycles. The smallest absolute Gasteiger partial charge is 0.199 e. The Hall–Kier alpha value is -2.55. The zero-order chi connectivity index (χ0) is 18.6. The van der Waals surface area contributed by atoms with Crippen LogP contribution in [0.3, 0.4) is 0 Å². The molecule has 2 aliphatic rings. The van der Waals surface area contributed by atoms with Crippen LogP contribution < -0.4 is 12.4 Å². The van der Waals surface area contributed by atoms with E-state index >= 15 is 0 Å². The maximum atomic E-state index is 2.30. The number of benzene rings is 2. The van der Waals surface area contributed by atoms with Gasteiger partial charge in [-0.15, -0.1) is 0 Å². The second kappa shape index (κ2) is 9.09. The van der Waals surface area contributed by atoms with Crippen LogP contribution in [0.1, 0.15) is 11.1 Å². The summed E-state index contributed by atoms with van der Waals surface area (Å²) in [6.45, 7) is 0. The summed E-state index contributed by atoms with van der Waals surface area (Å²) in [5.41, 5.74) is 6.21. The normalized spacial score (nSPS) is 15.7. The van der Waals surface area contributed by atoms with Gasteiger partial charge in [-0.25, -0.2) is 4.58 Å². The van der Waals surface area contributed by atoms with Gasteiger partial charge in [0.05, 0.1) is 0 Å². The van der Waals surface area contributed by atoms with Gasteiger partial charge in [-0.3, -0.25) is 0 Å². The van der Waals surface area contributed by atoms with E-state index in [-0.39, 0.29) is 12.4 Å². The molecule has 0 amide bonds. The number of hydrogen-bond acceptors (Lipinski definition) is 1. The van der Waals surface area contributed by atoms with Crippen LogP contribution in [-0.4, -0.2) is 24.4 Å². The predicted molar refractivity (Wildman–Crippen MR) is 119 cm³/mol. The van der Waals surface area contributed by atoms with Crippen LogP contribution in [0.5, 0.6) is 0 Å². The van der Waals surface area contributed by atoms with Gasteiger partial charge >= 0.3 is 0 Å². The Morgan fingerprint density at radius 1 is 0.679 bits per heavy atom. The summed E-state index contributed by atoms with van der Waals surface area (Å²) in [7, 11) is 4.14. The topological polar surface area (TPSA) is 3.01 Å². The molecule has 140 valence electrons. The molecule has 1 heterocycles. The number of halogens is 1. The Bertz CT molecular complexity index is 1020. The van der Waals surface area contributed by atoms with E-state index in [0.717, 1.165) is 0 Å². The average Bonchev–Trinajstić information content (AvgIpc) is 2.75. The van der Waals surface area contributed by atoms with E-state index in [9.17, 15) is 0 Å². The van der Waals surface area contributed by atoms with Gasteiger partial charge in [-0.05, 0) is 46.6 Å². The summed E-state index contributed by atoms with van der Waals surface area (Å²) in [5.74, 6) is 0. The van der Waals surface area contributed by atoms with Gasteiger partial charge < -0.3 is 12.4 Å². The van der Waals surface area contributed by atoms with Crippen molar-refractivity contribution in [3.8, 4) is 0 Å². The van der Waals surface area contributed by atoms with Crippen LogP contribution in [-0.2, 0) is 0 Å². The summed E-state index contributed by atoms with van der Waals surface area (Å²) in [4.78, 5) is 2.56. The minimum atomic E-state index is 0. The molecule has 3 heteroatoms. The molecule has 28 heavy (non-hydrogen) atoms. The predicted octanol–water partition coefficient (Wildman–Crippen LogP) is 2.96. The number of thioether (sulfide) groups is 1. The molecular weight excluding hydrogens is 382 g/mol. The van der Waals surface area contributed by atoms with Crippen LogP contribution in [0.15, 0.2) is 108 Å². The summed E-state index contributed by atoms with van der Waals surface area (Å²) < 4.78 is 2.13. The first-order valence-corrected chi connectivity index (χ1v) is 9.89. The van der Waals surface area contributed by atoms with E-state index in [2.05, 4.69) is 116 Å². The van der Waals surface area contributed by atoms with E-state index < -0.39 is 0 Å². The molecule has 0 saturated carbocycles. The van der Waals surface area contributed by atoms with Crippen LogP contribution >= 0.6 is 11.8 Å². The molecule has 1 aliphatic carbocycles. The molecule has 0 spiro atoms. The fourth-order valence-electron chi connectivity index (χ4n) is 3.11. The summed E-state index contributed by atoms with van der Waals surface area (Å²) >= 11 is 1.84. The Balaban J connectivity index is 0.00000225. The molecule has 0 N–H and O–H groups in total. The van der Waals surface area contributed by atoms with Crippen LogP contribution in [0, 0.1) is 0 Å². The lowest BCUT2D eigenvalue weighted by Crippen LogP contribution is -3.00. The van der Waals surface area contributed by atoms with Crippen LogP contribution in [0.25, 0.3) is 10.5 Å². The van der Waals surface area contributed by atoms with Crippen molar-refractivity contribution in [2.45, 2.75) is 0 Å². The zero-order valence-electron chi connectivity index (χ0n) is 16.0. The van der Waals surface area contributed by atoms with E-state index in [1.165, 1.54) is 37.8 Å². The highest BCUT2D eigenvalue weighted by molar-refractivity contribution is 8.12. The van der Waals surface area contributed by atoms with Gasteiger partial charge in [-0.2, -0.15) is 0 Å². The third-order valence-corrected chi connectivity index (χ3v) is 5.77. The summed E-state index contributed by atoms with van der Waals surface area (Å²) in [6.07, 6.45) is 13.4. The molecule has 2 aromatic carbocycles. The molecule has 0 atom stereocenters. The van der Waals surface area contributed by atoms with Crippen molar-refractivity contribution in [1.82, 2.24) is 0 Å². The van der Waals surface area contributed by atoms with Crippen molar-refractivity contribution in [1.29, 1.82) is 0 Å². The molecule has 4 rings (SSSR count). The van der Waals surface area contributed by atoms with E-state index in [1.807, 2.05) is 11.8 Å². The highest BCUT2D eigenvalue weighted by atomic mass is 35.5. The molecule has 0 bridgehead atoms. The van der Waals surface area contributed by atoms with Gasteiger partial charge in [0.1, 0.15) is 14.1 Å². The molecule has 0 aromatic heterocycles. The summed E-state index contributed by atoms with van der Waals surface area (Å²) in [5, 5.41) is 0. The van der Waals surface area contributed by atoms with Gasteiger partial charge in [0.25, 0.3) is 0 Å². The largest absolute Gasteiger partial charge is 1.00 e. The number of rotatable bonds is 2. The van der Waals surface area contributed by atoms with Crippen molar-refractivity contribution >= 4 is 28.0 Å². The van der Waals surface area contributed by atoms with Crippen molar-refractivity contribution in [2.24, 2.45) is 0 Å². The van der Waals surface area contributed by atoms with Crippen LogP contribution in [0.4, 0.5) is 0 Å². The minimum Gasteiger partial charge on any atom is -1.00 e. The lowest BCUT2D eigenvalue weighted by Gasteiger charge is -2.18. The second-order valence-corrected chi connectivity index (χ2v) is 7.83. The lowest BCUT2D eigenvalue weighted by atomic mass is 10.0. The monoisotopic (exact) mass is 403 g/mol. The highest BCUT2D eigenvalue weighted by Crippen LogP contribution is 2.43. The Labute approximate surface area is 177 Å². The SMILES string of the molecule is C[N+](C)=C1C=CC(=C2C=C(c3ccccc3)C=C(c3ccccc3)S2)C=C1.[Cl-]. The fraction of sp³-hybridized carbons (Fsp3) is 0.0800. The lowest BCUT2D eigenvalue weighted by molar-refractivity contribution is -0.462. The first-order chi connectivity index (χ1) is 13.2. The quantitative estimate of drug-likeness (QED) is 0.697. The minimum absolute atomic E-state index is 0. The zero-order valence-corrected chi connectivity index (χ0v) is 17.5. The Morgan fingerprint density at radius 2 is 1.25 bits per heavy atom. The fourth-order valence-corrected chi connectivity index (χ4v) is 4.23. The second-order valence-electron chi connectivity index (χ2n) is 6.75. The summed E-state index contributed by atoms with van der Waals surface area (Å²) in [6, 6.07) is 21.2. The van der Waals surface area contributed by atoms with Gasteiger partial charge in [-0.1, -0.05) is 72.4 Å². The van der Waals surface area contributed by atoms with Crippen molar-refractivity contribution in [3.63, 3.8) is 0 Å². The van der Waals surface area contributed by atoms with Crippen LogP contribution in [0.2, 0.25) is 0 Å². The maximum Gasteiger partial charge on any atom is 0.199 e. The number of nitrogens with zero attached hydrogens (tertiary/aromatic N) is 1. The van der Waals surface area contributed by atoms with Gasteiger partial charge in [0.15, 0.2) is 5.71 Å². The third kappa shape index (κ3) is 4.46. The molecule has 1 nitrogen and oxygen atoms in total. The van der Waals surface area contributed by atoms with E-state index in [0.29, 0.717) is 0 Å². The Morgan fingerprint density at radius 3 is 1.82 bits per heavy atom. The Kier molecular flexibility index (Phi) is 6.56. The third-order valence-electron chi connectivity index (χ3n) is 4.63. The van der Waals surface area contributed by atoms with E-state index in [4.69, 9.17) is 0 Å². The standard InChI is InChI=1S/C25H22NS.ClH/c1-26(2)23-15-13-21(14-16-23)25-18-22(19-9-5-3-6-10-19)17-24(27-25)20-11-7-4-8-12-20;/h3-18H,1-2H3;1H/q+1;/p-1. The molecule has 0 unspecified atom stereocenters. The maximum absolute atomic E-state index is 2.30. The van der Waals surface area contributed by atoms with Gasteiger partial charge in [0.2, 0.25) is 0 Å². The van der Waals surface area contributed by atoms with Crippen molar-refractivity contribution in [2.75, 3.05) is 14.1 Å². The molecule has 0 radical (unpaired) electrons. The highest BCUT2D eigenvalue weighted by Gasteiger charge is 2.16. The molecule has 2 aromatic rings. The van der Waals surface area contributed by atoms with Crippen molar-refractivity contribution in [3.05, 3.63) is 119 Å². The number of hydrogen-bond donors (Lipinski definition) is 0. The van der Waals surface area contributed by atoms with Gasteiger partial charge in [0, 0.05) is 22.0 Å². The molecular formula is C25H22ClNS. The van der Waals surface area contributed by atoms with E-state index in [1.54, 1.807) is 0 Å². The molecule has 1 aliphatic heterocycles. The first kappa shape index (κ1) is 20.2. The molecule has 0 fully saturated rings.